The van der Waals surface area contributed by atoms with Gasteiger partial charge in [-0.05, 0) is 30.5 Å². The van der Waals surface area contributed by atoms with E-state index in [0.29, 0.717) is 13.1 Å². The first-order chi connectivity index (χ1) is 12.0. The van der Waals surface area contributed by atoms with E-state index in [0.717, 1.165) is 24.8 Å². The van der Waals surface area contributed by atoms with Gasteiger partial charge in [0.1, 0.15) is 0 Å². The van der Waals surface area contributed by atoms with Crippen molar-refractivity contribution in [3.05, 3.63) is 29.8 Å². The number of nitrogens with zero attached hydrogens (tertiary/aromatic N) is 1. The number of hydrogen-bond donors (Lipinski definition) is 2. The summed E-state index contributed by atoms with van der Waals surface area (Å²) in [5.74, 6) is -0.179. The number of nitrogens with one attached hydrogen (secondary N) is 1. The van der Waals surface area contributed by atoms with E-state index in [4.69, 9.17) is 10.5 Å². The van der Waals surface area contributed by atoms with Gasteiger partial charge in [0.2, 0.25) is 15.9 Å². The third-order valence-corrected chi connectivity index (χ3v) is 6.24. The Morgan fingerprint density at radius 3 is 2.62 bits per heavy atom. The highest BCUT2D eigenvalue weighted by molar-refractivity contribution is 7.89. The summed E-state index contributed by atoms with van der Waals surface area (Å²) in [5.41, 5.74) is 6.24. The molecule has 0 radical (unpaired) electrons. The number of methoxy groups -OCH3 is 1. The van der Waals surface area contributed by atoms with Crippen molar-refractivity contribution in [3.63, 3.8) is 0 Å². The van der Waals surface area contributed by atoms with Crippen molar-refractivity contribution >= 4 is 28.3 Å². The van der Waals surface area contributed by atoms with Crippen LogP contribution in [-0.2, 0) is 26.1 Å². The molecule has 1 heterocycles. The maximum absolute atomic E-state index is 12.7. The lowest BCUT2D eigenvalue weighted by molar-refractivity contribution is -0.123. The molecule has 0 bridgehead atoms. The van der Waals surface area contributed by atoms with Crippen LogP contribution in [0.2, 0.25) is 0 Å². The molecule has 1 atom stereocenters. The first-order valence-corrected chi connectivity index (χ1v) is 10.00. The number of rotatable bonds is 8. The molecule has 0 spiro atoms. The van der Waals surface area contributed by atoms with E-state index >= 15 is 0 Å². The number of benzene rings is 1. The molecule has 2 rings (SSSR count). The van der Waals surface area contributed by atoms with Gasteiger partial charge in [0.15, 0.2) is 0 Å². The second kappa shape index (κ2) is 10.8. The molecule has 1 aromatic carbocycles. The normalized spacial score (nSPS) is 16.5. The third-order valence-electron chi connectivity index (χ3n) is 4.35. The maximum atomic E-state index is 12.7. The number of halogens is 1. The zero-order valence-electron chi connectivity index (χ0n) is 15.0. The highest BCUT2D eigenvalue weighted by Gasteiger charge is 2.25. The Balaban J connectivity index is 0.00000338. The number of ether oxygens (including phenoxy) is 1. The Kier molecular flexibility index (Phi) is 9.52. The number of nitrogens with two attached hydrogens (primary N) is 1. The minimum atomic E-state index is -3.47. The van der Waals surface area contributed by atoms with Crippen LogP contribution in [0.3, 0.4) is 0 Å². The van der Waals surface area contributed by atoms with E-state index in [1.807, 2.05) is 0 Å². The lowest BCUT2D eigenvalue weighted by Crippen LogP contribution is -2.35. The predicted molar refractivity (Wildman–Crippen MR) is 103 cm³/mol. The molecule has 148 valence electrons. The molecule has 1 fully saturated rings. The highest BCUT2D eigenvalue weighted by atomic mass is 35.5. The fourth-order valence-corrected chi connectivity index (χ4v) is 4.40. The Morgan fingerprint density at radius 1 is 1.31 bits per heavy atom. The second-order valence-electron chi connectivity index (χ2n) is 6.19. The summed E-state index contributed by atoms with van der Waals surface area (Å²) in [5, 5.41) is 2.77. The van der Waals surface area contributed by atoms with Gasteiger partial charge in [0, 0.05) is 33.3 Å². The summed E-state index contributed by atoms with van der Waals surface area (Å²) in [6.07, 6.45) is 2.74. The number of piperidine rings is 1. The smallest absolute Gasteiger partial charge is 0.243 e. The zero-order chi connectivity index (χ0) is 18.3. The van der Waals surface area contributed by atoms with Gasteiger partial charge in [-0.3, -0.25) is 4.79 Å². The van der Waals surface area contributed by atoms with Crippen LogP contribution in [0.15, 0.2) is 29.2 Å². The number of carbonyl (C=O) groups is 1. The van der Waals surface area contributed by atoms with Crippen molar-refractivity contribution in [1.29, 1.82) is 0 Å². The molecule has 1 aromatic rings. The minimum absolute atomic E-state index is 0. The zero-order valence-corrected chi connectivity index (χ0v) is 16.7. The van der Waals surface area contributed by atoms with E-state index < -0.39 is 10.0 Å². The molecule has 1 saturated heterocycles. The van der Waals surface area contributed by atoms with Crippen LogP contribution >= 0.6 is 12.4 Å². The molecule has 9 heteroatoms. The van der Waals surface area contributed by atoms with E-state index in [9.17, 15) is 13.2 Å². The third kappa shape index (κ3) is 6.21. The van der Waals surface area contributed by atoms with Crippen molar-refractivity contribution in [1.82, 2.24) is 9.62 Å². The van der Waals surface area contributed by atoms with Crippen LogP contribution in [-0.4, -0.2) is 51.5 Å². The molecular formula is C17H28ClN3O4S. The molecule has 0 aromatic heterocycles. The average Bonchev–Trinajstić information content (AvgIpc) is 2.65. The van der Waals surface area contributed by atoms with Gasteiger partial charge in [0.05, 0.1) is 17.4 Å². The van der Waals surface area contributed by atoms with Crippen LogP contribution in [0.4, 0.5) is 0 Å². The van der Waals surface area contributed by atoms with Crippen molar-refractivity contribution in [2.75, 3.05) is 26.7 Å². The van der Waals surface area contributed by atoms with Crippen molar-refractivity contribution < 1.29 is 17.9 Å². The molecule has 1 aliphatic heterocycles. The van der Waals surface area contributed by atoms with Crippen LogP contribution in [0.25, 0.3) is 0 Å². The maximum Gasteiger partial charge on any atom is 0.243 e. The quantitative estimate of drug-likeness (QED) is 0.678. The van der Waals surface area contributed by atoms with Crippen molar-refractivity contribution in [2.45, 2.75) is 43.2 Å². The van der Waals surface area contributed by atoms with Gasteiger partial charge in [-0.25, -0.2) is 8.42 Å². The van der Waals surface area contributed by atoms with Gasteiger partial charge in [-0.1, -0.05) is 18.6 Å². The average molecular weight is 406 g/mol. The monoisotopic (exact) mass is 405 g/mol. The van der Waals surface area contributed by atoms with Gasteiger partial charge in [0.25, 0.3) is 0 Å². The fraction of sp³-hybridized carbons (Fsp3) is 0.588. The first kappa shape index (κ1) is 22.9. The van der Waals surface area contributed by atoms with Crippen LogP contribution in [0.5, 0.6) is 0 Å². The SMILES string of the molecule is COC(CN)CC(=O)NCc1cccc(S(=O)(=O)N2CCCCC2)c1.Cl. The summed E-state index contributed by atoms with van der Waals surface area (Å²) < 4.78 is 32.0. The topological polar surface area (TPSA) is 102 Å². The number of amides is 1. The number of sulfonamides is 1. The summed E-state index contributed by atoms with van der Waals surface area (Å²) in [7, 11) is -1.95. The first-order valence-electron chi connectivity index (χ1n) is 8.56. The van der Waals surface area contributed by atoms with E-state index in [-0.39, 0.29) is 48.8 Å². The van der Waals surface area contributed by atoms with E-state index in [1.54, 1.807) is 28.6 Å². The Labute approximate surface area is 161 Å². The number of carbonyl (C=O) groups excluding carboxylic acids is 1. The fourth-order valence-electron chi connectivity index (χ4n) is 2.81. The molecule has 7 nitrogen and oxygen atoms in total. The molecule has 3 N–H and O–H groups in total. The predicted octanol–water partition coefficient (Wildman–Crippen LogP) is 1.26. The minimum Gasteiger partial charge on any atom is -0.380 e. The molecule has 26 heavy (non-hydrogen) atoms. The summed E-state index contributed by atoms with van der Waals surface area (Å²) >= 11 is 0. The van der Waals surface area contributed by atoms with E-state index in [2.05, 4.69) is 5.32 Å². The Bertz CT molecular complexity index is 674. The highest BCUT2D eigenvalue weighted by Crippen LogP contribution is 2.21. The standard InChI is InChI=1S/C17H27N3O4S.ClH/c1-24-15(12-18)11-17(21)19-13-14-6-5-7-16(10-14)25(22,23)20-8-3-2-4-9-20;/h5-7,10,15H,2-4,8-9,11-13,18H2,1H3,(H,19,21);1H. The van der Waals surface area contributed by atoms with Gasteiger partial charge < -0.3 is 15.8 Å². The van der Waals surface area contributed by atoms with Crippen LogP contribution < -0.4 is 11.1 Å². The lowest BCUT2D eigenvalue weighted by atomic mass is 10.2. The van der Waals surface area contributed by atoms with Crippen LogP contribution in [0, 0.1) is 0 Å². The Hall–Kier alpha value is -1.19. The van der Waals surface area contributed by atoms with Gasteiger partial charge in [-0.2, -0.15) is 4.31 Å². The second-order valence-corrected chi connectivity index (χ2v) is 8.12. The molecular weight excluding hydrogens is 378 g/mol. The summed E-state index contributed by atoms with van der Waals surface area (Å²) in [4.78, 5) is 12.2. The van der Waals surface area contributed by atoms with Crippen molar-refractivity contribution in [2.24, 2.45) is 5.73 Å². The molecule has 0 saturated carbocycles. The lowest BCUT2D eigenvalue weighted by Gasteiger charge is -2.26. The molecule has 1 unspecified atom stereocenters. The molecule has 1 amide bonds. The summed E-state index contributed by atoms with van der Waals surface area (Å²) in [6.45, 7) is 1.68. The van der Waals surface area contributed by atoms with Crippen LogP contribution in [0.1, 0.15) is 31.2 Å². The van der Waals surface area contributed by atoms with Crippen molar-refractivity contribution in [3.8, 4) is 0 Å². The van der Waals surface area contributed by atoms with Gasteiger partial charge >= 0.3 is 0 Å². The van der Waals surface area contributed by atoms with Gasteiger partial charge in [-0.15, -0.1) is 12.4 Å². The largest absolute Gasteiger partial charge is 0.380 e. The van der Waals surface area contributed by atoms with E-state index in [1.165, 1.54) is 7.11 Å². The molecule has 1 aliphatic rings. The molecule has 0 aliphatic carbocycles. The summed E-state index contributed by atoms with van der Waals surface area (Å²) in [6, 6.07) is 6.73. The Morgan fingerprint density at radius 2 is 2.00 bits per heavy atom. The number of hydrogen-bond acceptors (Lipinski definition) is 5.